The number of nitrogens with one attached hydrogen (secondary N) is 4. The Hall–Kier alpha value is -4.24. The Labute approximate surface area is 306 Å². The maximum atomic E-state index is 13.9. The lowest BCUT2D eigenvalue weighted by Gasteiger charge is -2.36. The fourth-order valence-electron chi connectivity index (χ4n) is 6.32. The lowest BCUT2D eigenvalue weighted by atomic mass is 9.90. The Kier molecular flexibility index (Phi) is 15.7. The van der Waals surface area contributed by atoms with E-state index in [0.29, 0.717) is 52.6 Å². The molecule has 52 heavy (non-hydrogen) atoms. The van der Waals surface area contributed by atoms with Crippen molar-refractivity contribution in [3.63, 3.8) is 0 Å². The molecule has 0 radical (unpaired) electrons. The van der Waals surface area contributed by atoms with Gasteiger partial charge in [-0.3, -0.25) is 9.59 Å². The van der Waals surface area contributed by atoms with Crippen molar-refractivity contribution in [2.45, 2.75) is 76.9 Å². The number of aliphatic hydroxyl groups is 2. The molecule has 2 aromatic rings. The van der Waals surface area contributed by atoms with Gasteiger partial charge in [0.1, 0.15) is 24.3 Å². The maximum Gasteiger partial charge on any atom is 0.318 e. The van der Waals surface area contributed by atoms with E-state index in [1.165, 1.54) is 0 Å². The molecule has 6 amide bonds. The number of rotatable bonds is 15. The van der Waals surface area contributed by atoms with E-state index >= 15 is 0 Å². The van der Waals surface area contributed by atoms with Crippen molar-refractivity contribution >= 4 is 23.9 Å². The van der Waals surface area contributed by atoms with Gasteiger partial charge in [0.05, 0.1) is 38.5 Å². The first-order valence-corrected chi connectivity index (χ1v) is 18.3. The van der Waals surface area contributed by atoms with E-state index in [1.807, 2.05) is 88.4 Å². The van der Waals surface area contributed by atoms with Crippen LogP contribution in [0.1, 0.15) is 38.8 Å². The van der Waals surface area contributed by atoms with E-state index in [9.17, 15) is 29.4 Å². The van der Waals surface area contributed by atoms with Crippen LogP contribution < -0.4 is 21.3 Å². The number of urea groups is 2. The largest absolute Gasteiger partial charge is 0.388 e. The SMILES string of the molecule is CC(C)C(NC(=O)N1CCOCC1)C(=O)N[C@@H](Cc1ccccc1)[C@H](O)[C@@H](O)[C@H](Cc1ccccc1)NC(=O)C(NC(=O)N1CCOCC1)C(C)C. The second-order valence-corrected chi connectivity index (χ2v) is 14.1. The van der Waals surface area contributed by atoms with Gasteiger partial charge in [-0.1, -0.05) is 88.4 Å². The van der Waals surface area contributed by atoms with Crippen LogP contribution >= 0.6 is 0 Å². The molecule has 2 saturated heterocycles. The topological polar surface area (TPSA) is 182 Å². The third kappa shape index (κ3) is 11.9. The Morgan fingerprint density at radius 2 is 0.904 bits per heavy atom. The lowest BCUT2D eigenvalue weighted by Crippen LogP contribution is -2.62. The van der Waals surface area contributed by atoms with Crippen molar-refractivity contribution in [2.24, 2.45) is 11.8 Å². The number of hydrogen-bond donors (Lipinski definition) is 6. The second-order valence-electron chi connectivity index (χ2n) is 14.1. The summed E-state index contributed by atoms with van der Waals surface area (Å²) < 4.78 is 10.7. The van der Waals surface area contributed by atoms with Gasteiger partial charge in [0.2, 0.25) is 11.8 Å². The molecular formula is C38H56N6O8. The molecule has 2 unspecified atom stereocenters. The Morgan fingerprint density at radius 3 is 1.21 bits per heavy atom. The zero-order valence-corrected chi connectivity index (χ0v) is 30.7. The summed E-state index contributed by atoms with van der Waals surface area (Å²) in [6.45, 7) is 10.5. The summed E-state index contributed by atoms with van der Waals surface area (Å²) in [5, 5.41) is 35.3. The molecule has 2 aliphatic heterocycles. The molecule has 286 valence electrons. The first-order valence-electron chi connectivity index (χ1n) is 18.3. The van der Waals surface area contributed by atoms with E-state index < -0.39 is 48.2 Å². The van der Waals surface area contributed by atoms with Gasteiger partial charge in [0.15, 0.2) is 0 Å². The van der Waals surface area contributed by atoms with E-state index in [-0.39, 0.29) is 36.7 Å². The summed E-state index contributed by atoms with van der Waals surface area (Å²) in [4.78, 5) is 57.1. The summed E-state index contributed by atoms with van der Waals surface area (Å²) in [5.41, 5.74) is 1.60. The summed E-state index contributed by atoms with van der Waals surface area (Å²) >= 11 is 0. The molecule has 4 rings (SSSR count). The summed E-state index contributed by atoms with van der Waals surface area (Å²) in [7, 11) is 0. The van der Waals surface area contributed by atoms with Gasteiger partial charge in [-0.05, 0) is 35.8 Å². The zero-order valence-electron chi connectivity index (χ0n) is 30.7. The van der Waals surface area contributed by atoms with Crippen LogP contribution in [0.5, 0.6) is 0 Å². The molecule has 0 spiro atoms. The van der Waals surface area contributed by atoms with E-state index in [1.54, 1.807) is 9.80 Å². The van der Waals surface area contributed by atoms with Crippen LogP contribution in [0.4, 0.5) is 9.59 Å². The average Bonchev–Trinajstić information content (AvgIpc) is 3.15. The fourth-order valence-corrected chi connectivity index (χ4v) is 6.32. The molecule has 6 N–H and O–H groups in total. The molecule has 6 atom stereocenters. The Morgan fingerprint density at radius 1 is 0.577 bits per heavy atom. The summed E-state index contributed by atoms with van der Waals surface area (Å²) in [6, 6.07) is 13.8. The second kappa shape index (κ2) is 20.1. The van der Waals surface area contributed by atoms with Crippen LogP contribution in [-0.2, 0) is 31.9 Å². The minimum atomic E-state index is -1.55. The number of ether oxygens (including phenoxy) is 2. The highest BCUT2D eigenvalue weighted by Gasteiger charge is 2.38. The van der Waals surface area contributed by atoms with E-state index in [2.05, 4.69) is 21.3 Å². The maximum absolute atomic E-state index is 13.9. The van der Waals surface area contributed by atoms with Gasteiger partial charge in [-0.15, -0.1) is 0 Å². The number of carbonyl (C=O) groups is 4. The monoisotopic (exact) mass is 724 g/mol. The molecule has 2 aliphatic rings. The molecular weight excluding hydrogens is 668 g/mol. The molecule has 2 aromatic carbocycles. The number of nitrogens with zero attached hydrogens (tertiary/aromatic N) is 2. The normalized spacial score (nSPS) is 18.5. The van der Waals surface area contributed by atoms with Crippen LogP contribution in [0, 0.1) is 11.8 Å². The van der Waals surface area contributed by atoms with Crippen molar-refractivity contribution in [1.82, 2.24) is 31.1 Å². The third-order valence-corrected chi connectivity index (χ3v) is 9.48. The molecule has 14 nitrogen and oxygen atoms in total. The van der Waals surface area contributed by atoms with Gasteiger partial charge in [0.25, 0.3) is 0 Å². The summed E-state index contributed by atoms with van der Waals surface area (Å²) in [6.07, 6.45) is -2.80. The first kappa shape index (κ1) is 40.5. The van der Waals surface area contributed by atoms with E-state index in [0.717, 1.165) is 11.1 Å². The highest BCUT2D eigenvalue weighted by molar-refractivity contribution is 5.88. The highest BCUT2D eigenvalue weighted by atomic mass is 16.5. The van der Waals surface area contributed by atoms with Gasteiger partial charge < -0.3 is 50.8 Å². The van der Waals surface area contributed by atoms with Crippen molar-refractivity contribution in [3.8, 4) is 0 Å². The number of benzene rings is 2. The van der Waals surface area contributed by atoms with Crippen molar-refractivity contribution in [3.05, 3.63) is 71.8 Å². The predicted molar refractivity (Wildman–Crippen MR) is 195 cm³/mol. The molecule has 0 saturated carbocycles. The van der Waals surface area contributed by atoms with Crippen molar-refractivity contribution in [2.75, 3.05) is 52.6 Å². The molecule has 0 bridgehead atoms. The van der Waals surface area contributed by atoms with Crippen LogP contribution in [0.2, 0.25) is 0 Å². The highest BCUT2D eigenvalue weighted by Crippen LogP contribution is 2.17. The van der Waals surface area contributed by atoms with E-state index in [4.69, 9.17) is 9.47 Å². The number of carbonyl (C=O) groups excluding carboxylic acids is 4. The standard InChI is InChI=1S/C38H56N6O8/c1-25(2)31(41-37(49)43-15-19-51-20-16-43)35(47)39-29(23-27-11-7-5-8-12-27)33(45)34(46)30(24-28-13-9-6-10-14-28)40-36(48)32(26(3)4)42-38(50)44-17-21-52-22-18-44/h5-14,25-26,29-34,45-46H,15-24H2,1-4H3,(H,39,47)(H,40,48)(H,41,49)(H,42,50)/t29-,30-,31?,32?,33-,34-/m0/s1. The smallest absolute Gasteiger partial charge is 0.318 e. The molecule has 14 heteroatoms. The van der Waals surface area contributed by atoms with Crippen LogP contribution in [0.3, 0.4) is 0 Å². The molecule has 0 aromatic heterocycles. The predicted octanol–water partition coefficient (Wildman–Crippen LogP) is 1.30. The van der Waals surface area contributed by atoms with Crippen LogP contribution in [-0.4, -0.2) is 133 Å². The molecule has 0 aliphatic carbocycles. The summed E-state index contributed by atoms with van der Waals surface area (Å²) in [5.74, 6) is -1.62. The Balaban J connectivity index is 1.56. The van der Waals surface area contributed by atoms with Gasteiger partial charge in [-0.2, -0.15) is 0 Å². The van der Waals surface area contributed by atoms with Crippen molar-refractivity contribution in [1.29, 1.82) is 0 Å². The van der Waals surface area contributed by atoms with Crippen LogP contribution in [0.25, 0.3) is 0 Å². The zero-order chi connectivity index (χ0) is 37.6. The third-order valence-electron chi connectivity index (χ3n) is 9.48. The Bertz CT molecular complexity index is 1310. The quantitative estimate of drug-likeness (QED) is 0.159. The van der Waals surface area contributed by atoms with Crippen LogP contribution in [0.15, 0.2) is 60.7 Å². The number of hydrogen-bond acceptors (Lipinski definition) is 8. The van der Waals surface area contributed by atoms with Gasteiger partial charge >= 0.3 is 12.1 Å². The number of aliphatic hydroxyl groups excluding tert-OH is 2. The van der Waals surface area contributed by atoms with Gasteiger partial charge in [0, 0.05) is 26.2 Å². The lowest BCUT2D eigenvalue weighted by molar-refractivity contribution is -0.129. The minimum Gasteiger partial charge on any atom is -0.388 e. The van der Waals surface area contributed by atoms with Crippen molar-refractivity contribution < 1.29 is 38.9 Å². The fraction of sp³-hybridized carbons (Fsp3) is 0.579. The van der Waals surface area contributed by atoms with Gasteiger partial charge in [-0.25, -0.2) is 9.59 Å². The average molecular weight is 725 g/mol. The molecule has 2 fully saturated rings. The number of morpholine rings is 2. The molecule has 2 heterocycles. The first-order chi connectivity index (χ1) is 24.9. The minimum absolute atomic E-state index is 0.156. The number of amides is 6.